The van der Waals surface area contributed by atoms with Gasteiger partial charge >= 0.3 is 0 Å². The first-order valence-electron chi connectivity index (χ1n) is 9.66. The van der Waals surface area contributed by atoms with Crippen LogP contribution in [0.5, 0.6) is 5.75 Å². The molecule has 6 nitrogen and oxygen atoms in total. The summed E-state index contributed by atoms with van der Waals surface area (Å²) in [5, 5.41) is 3.62. The van der Waals surface area contributed by atoms with Crippen LogP contribution in [0.25, 0.3) is 22.3 Å². The maximum absolute atomic E-state index is 13.2. The molecule has 0 saturated carbocycles. The molecule has 0 bridgehead atoms. The number of ether oxygens (including phenoxy) is 1. The van der Waals surface area contributed by atoms with Gasteiger partial charge in [0.1, 0.15) is 18.1 Å². The normalized spacial score (nSPS) is 10.8. The van der Waals surface area contributed by atoms with Gasteiger partial charge < -0.3 is 10.1 Å². The van der Waals surface area contributed by atoms with Crippen molar-refractivity contribution in [3.05, 3.63) is 87.7 Å². The number of hydrogen-bond acceptors (Lipinski definition) is 4. The van der Waals surface area contributed by atoms with Crippen LogP contribution in [-0.4, -0.2) is 22.6 Å². The van der Waals surface area contributed by atoms with Crippen LogP contribution in [0.2, 0.25) is 5.02 Å². The second-order valence-electron chi connectivity index (χ2n) is 7.11. The Bertz CT molecular complexity index is 1350. The van der Waals surface area contributed by atoms with Gasteiger partial charge in [-0.3, -0.25) is 14.2 Å². The lowest BCUT2D eigenvalue weighted by atomic mass is 10.1. The van der Waals surface area contributed by atoms with Gasteiger partial charge in [-0.1, -0.05) is 47.5 Å². The summed E-state index contributed by atoms with van der Waals surface area (Å²) in [4.78, 5) is 30.7. The third-order valence-electron chi connectivity index (χ3n) is 4.88. The average Bonchev–Trinajstić information content (AvgIpc) is 2.76. The first-order valence-corrected chi connectivity index (χ1v) is 10.0. The van der Waals surface area contributed by atoms with Crippen molar-refractivity contribution >= 4 is 34.1 Å². The highest BCUT2D eigenvalue weighted by atomic mass is 35.5. The molecule has 0 unspecified atom stereocenters. The van der Waals surface area contributed by atoms with Gasteiger partial charge in [-0.25, -0.2) is 4.98 Å². The molecule has 4 aromatic rings. The van der Waals surface area contributed by atoms with E-state index in [9.17, 15) is 9.59 Å². The van der Waals surface area contributed by atoms with E-state index in [2.05, 4.69) is 10.3 Å². The van der Waals surface area contributed by atoms with Crippen molar-refractivity contribution in [3.8, 4) is 17.1 Å². The second kappa shape index (κ2) is 8.62. The molecule has 0 atom stereocenters. The summed E-state index contributed by atoms with van der Waals surface area (Å²) in [6, 6.07) is 19.7. The highest BCUT2D eigenvalue weighted by molar-refractivity contribution is 6.32. The topological polar surface area (TPSA) is 73.2 Å². The fourth-order valence-electron chi connectivity index (χ4n) is 3.41. The molecule has 156 valence electrons. The van der Waals surface area contributed by atoms with E-state index in [0.29, 0.717) is 33.2 Å². The van der Waals surface area contributed by atoms with Gasteiger partial charge in [0, 0.05) is 11.3 Å². The number of aryl methyl sites for hydroxylation is 1. The summed E-state index contributed by atoms with van der Waals surface area (Å²) >= 11 is 6.14. The van der Waals surface area contributed by atoms with Crippen molar-refractivity contribution < 1.29 is 9.53 Å². The van der Waals surface area contributed by atoms with E-state index in [0.717, 1.165) is 11.1 Å². The maximum Gasteiger partial charge on any atom is 0.262 e. The van der Waals surface area contributed by atoms with Crippen LogP contribution >= 0.6 is 11.6 Å². The highest BCUT2D eigenvalue weighted by Crippen LogP contribution is 2.27. The van der Waals surface area contributed by atoms with Crippen LogP contribution in [0, 0.1) is 6.92 Å². The van der Waals surface area contributed by atoms with Crippen LogP contribution in [0.4, 0.5) is 5.69 Å². The Morgan fingerprint density at radius 2 is 1.90 bits per heavy atom. The molecule has 31 heavy (non-hydrogen) atoms. The Morgan fingerprint density at radius 1 is 1.10 bits per heavy atom. The zero-order valence-corrected chi connectivity index (χ0v) is 17.8. The molecule has 0 radical (unpaired) electrons. The summed E-state index contributed by atoms with van der Waals surface area (Å²) in [5.41, 5.74) is 2.62. The molecule has 0 aliphatic carbocycles. The molecule has 4 rings (SSSR count). The number of methoxy groups -OCH3 is 1. The number of para-hydroxylation sites is 1. The zero-order valence-electron chi connectivity index (χ0n) is 17.1. The van der Waals surface area contributed by atoms with Gasteiger partial charge in [0.15, 0.2) is 0 Å². The molecule has 1 amide bonds. The highest BCUT2D eigenvalue weighted by Gasteiger charge is 2.16. The number of carbonyl (C=O) groups is 1. The minimum Gasteiger partial charge on any atom is -0.495 e. The molecule has 0 spiro atoms. The predicted octanol–water partition coefficient (Wildman–Crippen LogP) is 4.67. The lowest BCUT2D eigenvalue weighted by molar-refractivity contribution is -0.116. The first-order chi connectivity index (χ1) is 15.0. The monoisotopic (exact) mass is 433 g/mol. The van der Waals surface area contributed by atoms with Crippen molar-refractivity contribution in [1.82, 2.24) is 9.55 Å². The number of halogens is 1. The smallest absolute Gasteiger partial charge is 0.262 e. The standard InChI is InChI=1S/C24H20ClN3O3/c1-15-6-5-7-16(12-15)23-27-20-9-4-3-8-18(20)24(30)28(23)14-22(29)26-17-10-11-21(31-2)19(25)13-17/h3-13H,14H2,1-2H3,(H,26,29). The van der Waals surface area contributed by atoms with E-state index < -0.39 is 0 Å². The van der Waals surface area contributed by atoms with E-state index >= 15 is 0 Å². The zero-order chi connectivity index (χ0) is 22.0. The maximum atomic E-state index is 13.2. The minimum atomic E-state index is -0.366. The van der Waals surface area contributed by atoms with Crippen LogP contribution in [-0.2, 0) is 11.3 Å². The van der Waals surface area contributed by atoms with Crippen LogP contribution < -0.4 is 15.6 Å². The molecule has 1 aromatic heterocycles. The largest absolute Gasteiger partial charge is 0.495 e. The number of nitrogens with one attached hydrogen (secondary N) is 1. The Hall–Kier alpha value is -3.64. The Kier molecular flexibility index (Phi) is 5.73. The summed E-state index contributed by atoms with van der Waals surface area (Å²) in [6.07, 6.45) is 0. The fourth-order valence-corrected chi connectivity index (χ4v) is 3.67. The summed E-state index contributed by atoms with van der Waals surface area (Å²) in [5.74, 6) is 0.584. The third kappa shape index (κ3) is 4.29. The SMILES string of the molecule is COc1ccc(NC(=O)Cn2c(-c3cccc(C)c3)nc3ccccc3c2=O)cc1Cl. The quantitative estimate of drug-likeness (QED) is 0.496. The van der Waals surface area contributed by atoms with Gasteiger partial charge in [0.2, 0.25) is 5.91 Å². The van der Waals surface area contributed by atoms with E-state index in [1.54, 1.807) is 36.4 Å². The van der Waals surface area contributed by atoms with E-state index in [1.165, 1.54) is 11.7 Å². The summed E-state index contributed by atoms with van der Waals surface area (Å²) in [7, 11) is 1.52. The Labute approximate surface area is 184 Å². The molecule has 1 heterocycles. The fraction of sp³-hybridized carbons (Fsp3) is 0.125. The average molecular weight is 434 g/mol. The minimum absolute atomic E-state index is 0.191. The van der Waals surface area contributed by atoms with Gasteiger partial charge in [-0.2, -0.15) is 0 Å². The molecule has 7 heteroatoms. The predicted molar refractivity (Wildman–Crippen MR) is 123 cm³/mol. The van der Waals surface area contributed by atoms with Crippen molar-refractivity contribution in [2.75, 3.05) is 12.4 Å². The van der Waals surface area contributed by atoms with E-state index in [-0.39, 0.29) is 18.0 Å². The molecule has 0 aliphatic heterocycles. The number of anilines is 1. The number of hydrogen-bond donors (Lipinski definition) is 1. The second-order valence-corrected chi connectivity index (χ2v) is 7.52. The molecule has 0 aliphatic rings. The summed E-state index contributed by atoms with van der Waals surface area (Å²) in [6.45, 7) is 1.77. The Balaban J connectivity index is 1.74. The van der Waals surface area contributed by atoms with Gasteiger partial charge in [-0.05, 0) is 43.3 Å². The lowest BCUT2D eigenvalue weighted by Crippen LogP contribution is -2.30. The lowest BCUT2D eigenvalue weighted by Gasteiger charge is -2.14. The number of carbonyl (C=O) groups excluding carboxylic acids is 1. The Morgan fingerprint density at radius 3 is 2.65 bits per heavy atom. The van der Waals surface area contributed by atoms with E-state index in [4.69, 9.17) is 16.3 Å². The van der Waals surface area contributed by atoms with Crippen molar-refractivity contribution in [2.45, 2.75) is 13.5 Å². The van der Waals surface area contributed by atoms with Crippen molar-refractivity contribution in [3.63, 3.8) is 0 Å². The van der Waals surface area contributed by atoms with Crippen molar-refractivity contribution in [2.24, 2.45) is 0 Å². The number of aromatic nitrogens is 2. The summed E-state index contributed by atoms with van der Waals surface area (Å²) < 4.78 is 6.53. The van der Waals surface area contributed by atoms with E-state index in [1.807, 2.05) is 37.3 Å². The molecule has 0 saturated heterocycles. The van der Waals surface area contributed by atoms with Gasteiger partial charge in [0.05, 0.1) is 23.0 Å². The molecule has 1 N–H and O–H groups in total. The first kappa shape index (κ1) is 20.6. The number of rotatable bonds is 5. The van der Waals surface area contributed by atoms with Crippen molar-refractivity contribution in [1.29, 1.82) is 0 Å². The van der Waals surface area contributed by atoms with Crippen LogP contribution in [0.3, 0.4) is 0 Å². The van der Waals surface area contributed by atoms with Gasteiger partial charge in [-0.15, -0.1) is 0 Å². The third-order valence-corrected chi connectivity index (χ3v) is 5.17. The molecule has 3 aromatic carbocycles. The van der Waals surface area contributed by atoms with Crippen LogP contribution in [0.1, 0.15) is 5.56 Å². The van der Waals surface area contributed by atoms with Gasteiger partial charge in [0.25, 0.3) is 5.56 Å². The molecular weight excluding hydrogens is 414 g/mol. The van der Waals surface area contributed by atoms with Crippen LogP contribution in [0.15, 0.2) is 71.5 Å². The molecular formula is C24H20ClN3O3. The number of fused-ring (bicyclic) bond motifs is 1. The number of amides is 1. The molecule has 0 fully saturated rings. The number of nitrogens with zero attached hydrogens (tertiary/aromatic N) is 2. The number of benzene rings is 3.